The molecule has 0 spiro atoms. The van der Waals surface area contributed by atoms with Crippen molar-refractivity contribution in [2.45, 2.75) is 56.3 Å². The minimum Gasteiger partial charge on any atom is -0.384 e. The first-order chi connectivity index (χ1) is 17.4. The monoisotopic (exact) mass is 539 g/mol. The van der Waals surface area contributed by atoms with Crippen molar-refractivity contribution in [3.63, 3.8) is 0 Å². The number of nitrogens with one attached hydrogen (secondary N) is 1. The zero-order valence-electron chi connectivity index (χ0n) is 20.1. The van der Waals surface area contributed by atoms with Crippen LogP contribution in [0.5, 0.6) is 0 Å². The van der Waals surface area contributed by atoms with Gasteiger partial charge in [-0.3, -0.25) is 9.48 Å². The van der Waals surface area contributed by atoms with Crippen molar-refractivity contribution in [2.75, 3.05) is 5.32 Å². The summed E-state index contributed by atoms with van der Waals surface area (Å²) >= 11 is 5.83. The second-order valence-electron chi connectivity index (χ2n) is 10.2. The van der Waals surface area contributed by atoms with Crippen LogP contribution in [0.2, 0.25) is 5.02 Å². The average molecular weight is 540 g/mol. The van der Waals surface area contributed by atoms with E-state index in [2.05, 4.69) is 15.4 Å². The largest absolute Gasteiger partial charge is 0.410 e. The molecule has 0 bridgehead atoms. The van der Waals surface area contributed by atoms with Crippen LogP contribution in [0.4, 0.5) is 23.2 Å². The number of halogens is 5. The first kappa shape index (κ1) is 25.7. The Morgan fingerprint density at radius 1 is 1.24 bits per heavy atom. The van der Waals surface area contributed by atoms with E-state index in [4.69, 9.17) is 11.6 Å². The summed E-state index contributed by atoms with van der Waals surface area (Å²) in [6.45, 7) is 1.03. The van der Waals surface area contributed by atoms with Gasteiger partial charge in [-0.05, 0) is 68.7 Å². The van der Waals surface area contributed by atoms with Crippen molar-refractivity contribution in [1.29, 1.82) is 0 Å². The smallest absolute Gasteiger partial charge is 0.384 e. The second-order valence-corrected chi connectivity index (χ2v) is 10.6. The molecule has 0 saturated heterocycles. The van der Waals surface area contributed by atoms with Crippen LogP contribution in [0.15, 0.2) is 36.8 Å². The van der Waals surface area contributed by atoms with Gasteiger partial charge in [0.05, 0.1) is 22.7 Å². The summed E-state index contributed by atoms with van der Waals surface area (Å²) in [5, 5.41) is 17.9. The molecule has 0 radical (unpaired) electrons. The van der Waals surface area contributed by atoms with Crippen molar-refractivity contribution >= 4 is 23.2 Å². The molecule has 1 amide bonds. The van der Waals surface area contributed by atoms with Gasteiger partial charge in [0.1, 0.15) is 23.2 Å². The number of imidazole rings is 1. The third-order valence-electron chi connectivity index (χ3n) is 7.77. The lowest BCUT2D eigenvalue weighted by molar-refractivity contribution is -0.167. The molecule has 2 fully saturated rings. The van der Waals surface area contributed by atoms with Crippen LogP contribution in [0, 0.1) is 17.7 Å². The zero-order valence-corrected chi connectivity index (χ0v) is 20.9. The van der Waals surface area contributed by atoms with Gasteiger partial charge in [-0.2, -0.15) is 18.3 Å². The lowest BCUT2D eigenvalue weighted by atomic mass is 9.90. The summed E-state index contributed by atoms with van der Waals surface area (Å²) in [6.07, 6.45) is 0.291. The highest BCUT2D eigenvalue weighted by molar-refractivity contribution is 6.31. The van der Waals surface area contributed by atoms with Crippen molar-refractivity contribution < 1.29 is 27.5 Å². The molecule has 2 saturated carbocycles. The number of fused-ring (bicyclic) bond motifs is 1. The molecule has 7 nitrogen and oxygen atoms in total. The highest BCUT2D eigenvalue weighted by Crippen LogP contribution is 2.57. The van der Waals surface area contributed by atoms with Gasteiger partial charge >= 0.3 is 6.18 Å². The molecule has 198 valence electrons. The third kappa shape index (κ3) is 4.63. The molecule has 12 heteroatoms. The summed E-state index contributed by atoms with van der Waals surface area (Å²) in [6, 6.07) is 3.53. The first-order valence-electron chi connectivity index (χ1n) is 12.0. The molecule has 2 aliphatic rings. The molecule has 2 heterocycles. The van der Waals surface area contributed by atoms with Crippen molar-refractivity contribution in [3.05, 3.63) is 64.7 Å². The number of aryl methyl sites for hydroxylation is 1. The summed E-state index contributed by atoms with van der Waals surface area (Å²) in [4.78, 5) is 17.6. The Morgan fingerprint density at radius 3 is 2.54 bits per heavy atom. The number of aromatic nitrogens is 4. The van der Waals surface area contributed by atoms with Crippen LogP contribution in [0.25, 0.3) is 0 Å². The molecule has 5 rings (SSSR count). The number of hydrogen-bond acceptors (Lipinski definition) is 4. The van der Waals surface area contributed by atoms with Crippen LogP contribution in [-0.2, 0) is 12.6 Å². The number of benzene rings is 1. The molecular formula is C25H26ClF4N5O2. The Morgan fingerprint density at radius 2 is 1.92 bits per heavy atom. The molecule has 1 aromatic carbocycles. The van der Waals surface area contributed by atoms with Gasteiger partial charge < -0.3 is 15.0 Å². The third-order valence-corrected chi connectivity index (χ3v) is 8.06. The van der Waals surface area contributed by atoms with Crippen LogP contribution in [0.3, 0.4) is 0 Å². The average Bonchev–Trinajstić information content (AvgIpc) is 3.57. The first-order valence-corrected chi connectivity index (χ1v) is 12.4. The summed E-state index contributed by atoms with van der Waals surface area (Å²) in [5.41, 5.74) is 0.128. The standard InChI is InChI=1S/C25H26ClF4N5O2/c1-13(25(28,29)30)35-20(5-6-32-35)24(37)10-15-7-14(8-16(15)11-24)21-22(34(2)12-31-21)23(36)33-17-3-4-19(27)18(26)9-17/h3-6,9,12-16,37H,7-8,10-11H2,1-2H3,(H,33,36). The van der Waals surface area contributed by atoms with Gasteiger partial charge in [0.15, 0.2) is 0 Å². The number of aliphatic hydroxyl groups is 1. The summed E-state index contributed by atoms with van der Waals surface area (Å²) in [7, 11) is 1.71. The Labute approximate surface area is 215 Å². The minimum atomic E-state index is -4.48. The van der Waals surface area contributed by atoms with Gasteiger partial charge in [-0.15, -0.1) is 0 Å². The van der Waals surface area contributed by atoms with Crippen molar-refractivity contribution in [1.82, 2.24) is 19.3 Å². The van der Waals surface area contributed by atoms with E-state index < -0.39 is 29.5 Å². The summed E-state index contributed by atoms with van der Waals surface area (Å²) in [5.74, 6) is -0.912. The SMILES string of the molecule is CC(n1nccc1C1(O)CC2CC(c3ncn(C)c3C(=O)Nc3ccc(F)c(Cl)c3)CC2C1)C(F)(F)F. The van der Waals surface area contributed by atoms with Gasteiger partial charge in [0, 0.05) is 24.8 Å². The summed E-state index contributed by atoms with van der Waals surface area (Å²) < 4.78 is 56.0. The highest BCUT2D eigenvalue weighted by atomic mass is 35.5. The van der Waals surface area contributed by atoms with Crippen LogP contribution in [0.1, 0.15) is 66.4 Å². The van der Waals surface area contributed by atoms with E-state index in [1.807, 2.05) is 0 Å². The van der Waals surface area contributed by atoms with E-state index in [1.165, 1.54) is 30.5 Å². The molecule has 2 N–H and O–H groups in total. The molecule has 3 atom stereocenters. The van der Waals surface area contributed by atoms with E-state index in [0.717, 1.165) is 11.6 Å². The second kappa shape index (κ2) is 9.13. The topological polar surface area (TPSA) is 85.0 Å². The molecule has 0 aliphatic heterocycles. The molecule has 2 aromatic heterocycles. The zero-order chi connectivity index (χ0) is 26.7. The number of anilines is 1. The van der Waals surface area contributed by atoms with E-state index >= 15 is 0 Å². The van der Waals surface area contributed by atoms with Crippen molar-refractivity contribution in [3.8, 4) is 0 Å². The number of carbonyl (C=O) groups is 1. The quantitative estimate of drug-likeness (QED) is 0.415. The Bertz CT molecular complexity index is 1320. The van der Waals surface area contributed by atoms with Crippen molar-refractivity contribution in [2.24, 2.45) is 18.9 Å². The van der Waals surface area contributed by atoms with Gasteiger partial charge in [0.25, 0.3) is 5.91 Å². The van der Waals surface area contributed by atoms with E-state index in [0.29, 0.717) is 42.8 Å². The maximum Gasteiger partial charge on any atom is 0.410 e. The number of alkyl halides is 3. The van der Waals surface area contributed by atoms with Crippen LogP contribution >= 0.6 is 11.6 Å². The van der Waals surface area contributed by atoms with Crippen LogP contribution < -0.4 is 5.32 Å². The number of rotatable bonds is 5. The molecule has 2 aliphatic carbocycles. The Balaban J connectivity index is 1.32. The van der Waals surface area contributed by atoms with E-state index in [9.17, 15) is 27.5 Å². The lowest BCUT2D eigenvalue weighted by Crippen LogP contribution is -2.33. The molecular weight excluding hydrogens is 514 g/mol. The Hall–Kier alpha value is -2.92. The molecule has 3 unspecified atom stereocenters. The van der Waals surface area contributed by atoms with Gasteiger partial charge in [-0.1, -0.05) is 11.6 Å². The van der Waals surface area contributed by atoms with Crippen LogP contribution in [-0.4, -0.2) is 36.5 Å². The minimum absolute atomic E-state index is 0.0442. The predicted octanol–water partition coefficient (Wildman–Crippen LogP) is 5.58. The normalized spacial score (nSPS) is 26.3. The number of nitrogens with zero attached hydrogens (tertiary/aromatic N) is 4. The Kier molecular flexibility index (Phi) is 6.34. The fraction of sp³-hybridized carbons (Fsp3) is 0.480. The number of carbonyl (C=O) groups excluding carboxylic acids is 1. The fourth-order valence-corrected chi connectivity index (χ4v) is 6.19. The predicted molar refractivity (Wildman–Crippen MR) is 128 cm³/mol. The molecule has 37 heavy (non-hydrogen) atoms. The van der Waals surface area contributed by atoms with E-state index in [-0.39, 0.29) is 28.5 Å². The number of hydrogen-bond donors (Lipinski definition) is 2. The highest BCUT2D eigenvalue weighted by Gasteiger charge is 2.52. The van der Waals surface area contributed by atoms with E-state index in [1.54, 1.807) is 17.9 Å². The lowest BCUT2D eigenvalue weighted by Gasteiger charge is -2.28. The molecule has 3 aromatic rings. The number of amides is 1. The fourth-order valence-electron chi connectivity index (χ4n) is 6.01. The maximum atomic E-state index is 13.5. The maximum absolute atomic E-state index is 13.5. The van der Waals surface area contributed by atoms with Gasteiger partial charge in [-0.25, -0.2) is 9.37 Å². The van der Waals surface area contributed by atoms with Gasteiger partial charge in [0.2, 0.25) is 0 Å².